The zero-order valence-electron chi connectivity index (χ0n) is 15.2. The van der Waals surface area contributed by atoms with Gasteiger partial charge < -0.3 is 9.15 Å². The summed E-state index contributed by atoms with van der Waals surface area (Å²) in [7, 11) is 0. The highest BCUT2D eigenvalue weighted by atomic mass is 16.5. The van der Waals surface area contributed by atoms with E-state index in [0.29, 0.717) is 5.89 Å². The molecule has 8 nitrogen and oxygen atoms in total. The van der Waals surface area contributed by atoms with E-state index < -0.39 is 17.8 Å². The number of fused-ring (bicyclic) bond motifs is 1. The molecule has 8 heteroatoms. The predicted octanol–water partition coefficient (Wildman–Crippen LogP) is 2.88. The van der Waals surface area contributed by atoms with Gasteiger partial charge in [-0.1, -0.05) is 24.3 Å². The first-order valence-corrected chi connectivity index (χ1v) is 8.74. The molecular weight excluding hydrogens is 374 g/mol. The van der Waals surface area contributed by atoms with Crippen LogP contribution in [0.2, 0.25) is 0 Å². The summed E-state index contributed by atoms with van der Waals surface area (Å²) in [5.41, 5.74) is 1.31. The lowest BCUT2D eigenvalue weighted by Gasteiger charge is -2.09. The minimum absolute atomic E-state index is 0.104. The van der Waals surface area contributed by atoms with E-state index in [1.165, 1.54) is 24.3 Å². The number of carbonyl (C=O) groups is 3. The molecule has 0 fully saturated rings. The van der Waals surface area contributed by atoms with Crippen molar-refractivity contribution >= 4 is 17.8 Å². The molecule has 29 heavy (non-hydrogen) atoms. The van der Waals surface area contributed by atoms with Crippen molar-refractivity contribution in [1.82, 2.24) is 15.1 Å². The van der Waals surface area contributed by atoms with E-state index in [1.807, 2.05) is 30.3 Å². The molecule has 0 unspecified atom stereocenters. The van der Waals surface area contributed by atoms with Crippen LogP contribution in [0.1, 0.15) is 37.0 Å². The Kier molecular flexibility index (Phi) is 4.74. The summed E-state index contributed by atoms with van der Waals surface area (Å²) in [6.45, 7) is 3.42. The SMILES string of the molecule is C=CCN1C(=O)c2ccc(C(=O)OCc3nnc(-c4ccccc4)o3)cc2C1=O. The van der Waals surface area contributed by atoms with Gasteiger partial charge in [0, 0.05) is 12.1 Å². The van der Waals surface area contributed by atoms with Crippen LogP contribution in [0.25, 0.3) is 11.5 Å². The summed E-state index contributed by atoms with van der Waals surface area (Å²) in [6.07, 6.45) is 1.46. The zero-order chi connectivity index (χ0) is 20.4. The molecule has 0 bridgehead atoms. The van der Waals surface area contributed by atoms with Gasteiger partial charge in [0.2, 0.25) is 5.89 Å². The predicted molar refractivity (Wildman–Crippen MR) is 101 cm³/mol. The van der Waals surface area contributed by atoms with Crippen LogP contribution in [0.15, 0.2) is 65.6 Å². The maximum atomic E-state index is 12.4. The van der Waals surface area contributed by atoms with Gasteiger partial charge in [-0.05, 0) is 30.3 Å². The van der Waals surface area contributed by atoms with Crippen LogP contribution in [-0.2, 0) is 11.3 Å². The van der Waals surface area contributed by atoms with Crippen LogP contribution in [0.5, 0.6) is 0 Å². The van der Waals surface area contributed by atoms with E-state index in [9.17, 15) is 14.4 Å². The number of imide groups is 1. The number of esters is 1. The van der Waals surface area contributed by atoms with Crippen molar-refractivity contribution in [1.29, 1.82) is 0 Å². The van der Waals surface area contributed by atoms with Crippen LogP contribution in [0.4, 0.5) is 0 Å². The Bertz CT molecular complexity index is 1120. The second-order valence-corrected chi connectivity index (χ2v) is 6.21. The van der Waals surface area contributed by atoms with Crippen molar-refractivity contribution in [2.24, 2.45) is 0 Å². The van der Waals surface area contributed by atoms with Gasteiger partial charge in [0.1, 0.15) is 0 Å². The molecule has 144 valence electrons. The summed E-state index contributed by atoms with van der Waals surface area (Å²) < 4.78 is 10.7. The van der Waals surface area contributed by atoms with Crippen LogP contribution in [0, 0.1) is 0 Å². The number of hydrogen-bond acceptors (Lipinski definition) is 7. The summed E-state index contributed by atoms with van der Waals surface area (Å²) in [5, 5.41) is 7.78. The molecule has 2 heterocycles. The van der Waals surface area contributed by atoms with E-state index in [-0.39, 0.29) is 35.7 Å². The van der Waals surface area contributed by atoms with Gasteiger partial charge in [-0.3, -0.25) is 14.5 Å². The molecule has 0 saturated heterocycles. The van der Waals surface area contributed by atoms with Crippen molar-refractivity contribution in [2.75, 3.05) is 6.54 Å². The molecule has 0 aliphatic carbocycles. The molecule has 4 rings (SSSR count). The van der Waals surface area contributed by atoms with Crippen LogP contribution >= 0.6 is 0 Å². The molecule has 3 aromatic rings. The monoisotopic (exact) mass is 389 g/mol. The van der Waals surface area contributed by atoms with Crippen LogP contribution in [-0.4, -0.2) is 39.4 Å². The molecule has 1 aromatic heterocycles. The van der Waals surface area contributed by atoms with Crippen molar-refractivity contribution in [3.8, 4) is 11.5 Å². The lowest BCUT2D eigenvalue weighted by molar-refractivity contribution is 0.0438. The van der Waals surface area contributed by atoms with Crippen molar-refractivity contribution < 1.29 is 23.5 Å². The third-order valence-corrected chi connectivity index (χ3v) is 4.33. The molecule has 2 aromatic carbocycles. The normalized spacial score (nSPS) is 12.8. The second kappa shape index (κ2) is 7.51. The maximum absolute atomic E-state index is 12.4. The van der Waals surface area contributed by atoms with Crippen molar-refractivity contribution in [3.05, 3.63) is 83.8 Å². The number of hydrogen-bond donors (Lipinski definition) is 0. The quantitative estimate of drug-likeness (QED) is 0.363. The van der Waals surface area contributed by atoms with Gasteiger partial charge in [-0.2, -0.15) is 0 Å². The topological polar surface area (TPSA) is 103 Å². The van der Waals surface area contributed by atoms with Gasteiger partial charge in [-0.25, -0.2) is 4.79 Å². The first-order valence-electron chi connectivity index (χ1n) is 8.74. The number of benzene rings is 2. The highest BCUT2D eigenvalue weighted by Crippen LogP contribution is 2.24. The van der Waals surface area contributed by atoms with Gasteiger partial charge in [0.15, 0.2) is 6.61 Å². The number of aromatic nitrogens is 2. The molecular formula is C21H15N3O5. The van der Waals surface area contributed by atoms with Gasteiger partial charge >= 0.3 is 5.97 Å². The maximum Gasteiger partial charge on any atom is 0.338 e. The molecule has 0 N–H and O–H groups in total. The number of rotatable bonds is 6. The standard InChI is InChI=1S/C21H15N3O5/c1-2-10-24-19(25)15-9-8-14(11-16(15)20(24)26)21(27)28-12-17-22-23-18(29-17)13-6-4-3-5-7-13/h2-9,11H,1,10,12H2. The van der Waals surface area contributed by atoms with E-state index in [2.05, 4.69) is 16.8 Å². The average molecular weight is 389 g/mol. The fourth-order valence-corrected chi connectivity index (χ4v) is 2.93. The molecule has 0 atom stereocenters. The first kappa shape index (κ1) is 18.3. The Morgan fingerprint density at radius 2 is 1.83 bits per heavy atom. The van der Waals surface area contributed by atoms with E-state index in [1.54, 1.807) is 0 Å². The lowest BCUT2D eigenvalue weighted by Crippen LogP contribution is -2.29. The van der Waals surface area contributed by atoms with E-state index in [0.717, 1.165) is 10.5 Å². The Labute approximate surface area is 165 Å². The van der Waals surface area contributed by atoms with Gasteiger partial charge in [-0.15, -0.1) is 16.8 Å². The van der Waals surface area contributed by atoms with Crippen LogP contribution in [0.3, 0.4) is 0 Å². The third kappa shape index (κ3) is 3.43. The summed E-state index contributed by atoms with van der Waals surface area (Å²) in [6, 6.07) is 13.4. The fourth-order valence-electron chi connectivity index (χ4n) is 2.93. The van der Waals surface area contributed by atoms with Gasteiger partial charge in [0.25, 0.3) is 17.7 Å². The highest BCUT2D eigenvalue weighted by molar-refractivity contribution is 6.22. The molecule has 0 saturated carbocycles. The molecule has 0 radical (unpaired) electrons. The van der Waals surface area contributed by atoms with E-state index >= 15 is 0 Å². The van der Waals surface area contributed by atoms with Gasteiger partial charge in [0.05, 0.1) is 16.7 Å². The largest absolute Gasteiger partial charge is 0.452 e. The number of nitrogens with zero attached hydrogens (tertiary/aromatic N) is 3. The summed E-state index contributed by atoms with van der Waals surface area (Å²) >= 11 is 0. The van der Waals surface area contributed by atoms with Crippen LogP contribution < -0.4 is 0 Å². The minimum Gasteiger partial charge on any atom is -0.452 e. The number of ether oxygens (including phenoxy) is 1. The molecule has 0 spiro atoms. The Morgan fingerprint density at radius 1 is 1.07 bits per heavy atom. The minimum atomic E-state index is -0.672. The van der Waals surface area contributed by atoms with Crippen molar-refractivity contribution in [2.45, 2.75) is 6.61 Å². The number of amides is 2. The Balaban J connectivity index is 1.45. The zero-order valence-corrected chi connectivity index (χ0v) is 15.2. The first-order chi connectivity index (χ1) is 14.1. The van der Waals surface area contributed by atoms with Crippen molar-refractivity contribution in [3.63, 3.8) is 0 Å². The van der Waals surface area contributed by atoms with E-state index in [4.69, 9.17) is 9.15 Å². The number of carbonyl (C=O) groups excluding carboxylic acids is 3. The fraction of sp³-hybridized carbons (Fsp3) is 0.0952. The summed E-state index contributed by atoms with van der Waals surface area (Å²) in [4.78, 5) is 38.0. The average Bonchev–Trinajstić information content (AvgIpc) is 3.32. The smallest absolute Gasteiger partial charge is 0.338 e. The molecule has 1 aliphatic rings. The Hall–Kier alpha value is -4.07. The second-order valence-electron chi connectivity index (χ2n) is 6.21. The molecule has 2 amide bonds. The third-order valence-electron chi connectivity index (χ3n) is 4.33. The Morgan fingerprint density at radius 3 is 2.59 bits per heavy atom. The lowest BCUT2D eigenvalue weighted by atomic mass is 10.1. The summed E-state index contributed by atoms with van der Waals surface area (Å²) in [5.74, 6) is -1.09. The highest BCUT2D eigenvalue weighted by Gasteiger charge is 2.35. The molecule has 1 aliphatic heterocycles.